The predicted octanol–water partition coefficient (Wildman–Crippen LogP) is 1.82. The fourth-order valence-electron chi connectivity index (χ4n) is 2.88. The lowest BCUT2D eigenvalue weighted by Gasteiger charge is -2.29. The van der Waals surface area contributed by atoms with Gasteiger partial charge in [0.15, 0.2) is 0 Å². The second kappa shape index (κ2) is 8.51. The number of carbonyl (C=O) groups is 2. The highest BCUT2D eigenvalue weighted by atomic mass is 16.6. The van der Waals surface area contributed by atoms with Gasteiger partial charge in [-0.3, -0.25) is 4.79 Å². The second-order valence-electron chi connectivity index (χ2n) is 7.61. The molecule has 7 heteroatoms. The van der Waals surface area contributed by atoms with Crippen molar-refractivity contribution >= 4 is 12.1 Å². The Morgan fingerprint density at radius 1 is 1.31 bits per heavy atom. The first-order chi connectivity index (χ1) is 12.2. The SMILES string of the molecule is CC(C)(C)OC(=O)N1CC(O)CC1CC(N)C(=O)OCc1ccccc1. The molecular weight excluding hydrogens is 336 g/mol. The van der Waals surface area contributed by atoms with E-state index in [1.54, 1.807) is 20.8 Å². The van der Waals surface area contributed by atoms with E-state index in [0.717, 1.165) is 5.56 Å². The minimum Gasteiger partial charge on any atom is -0.460 e. The maximum atomic E-state index is 12.3. The van der Waals surface area contributed by atoms with Crippen molar-refractivity contribution in [2.45, 2.75) is 64.0 Å². The number of likely N-dealkylation sites (tertiary alicyclic amines) is 1. The molecule has 1 aromatic rings. The normalized spacial score (nSPS) is 21.3. The summed E-state index contributed by atoms with van der Waals surface area (Å²) >= 11 is 0. The van der Waals surface area contributed by atoms with Crippen molar-refractivity contribution in [1.82, 2.24) is 4.90 Å². The van der Waals surface area contributed by atoms with Crippen LogP contribution in [0.15, 0.2) is 30.3 Å². The van der Waals surface area contributed by atoms with Gasteiger partial charge in [0.05, 0.1) is 12.6 Å². The summed E-state index contributed by atoms with van der Waals surface area (Å²) in [7, 11) is 0. The average molecular weight is 364 g/mol. The van der Waals surface area contributed by atoms with Gasteiger partial charge >= 0.3 is 12.1 Å². The van der Waals surface area contributed by atoms with Gasteiger partial charge in [-0.25, -0.2) is 4.79 Å². The molecule has 0 radical (unpaired) electrons. The van der Waals surface area contributed by atoms with Crippen LogP contribution in [0.1, 0.15) is 39.2 Å². The Bertz CT molecular complexity index is 614. The molecule has 1 aromatic carbocycles. The van der Waals surface area contributed by atoms with Gasteiger partial charge in [-0.2, -0.15) is 0 Å². The highest BCUT2D eigenvalue weighted by Crippen LogP contribution is 2.24. The summed E-state index contributed by atoms with van der Waals surface area (Å²) in [6, 6.07) is 8.09. The molecule has 2 rings (SSSR count). The Morgan fingerprint density at radius 3 is 2.58 bits per heavy atom. The van der Waals surface area contributed by atoms with E-state index >= 15 is 0 Å². The van der Waals surface area contributed by atoms with Crippen LogP contribution in [-0.4, -0.2) is 52.4 Å². The van der Waals surface area contributed by atoms with Gasteiger partial charge in [-0.1, -0.05) is 30.3 Å². The summed E-state index contributed by atoms with van der Waals surface area (Å²) < 4.78 is 10.6. The molecule has 1 aliphatic rings. The van der Waals surface area contributed by atoms with E-state index in [-0.39, 0.29) is 25.6 Å². The molecule has 1 aliphatic heterocycles. The fraction of sp³-hybridized carbons (Fsp3) is 0.579. The van der Waals surface area contributed by atoms with Gasteiger partial charge in [0, 0.05) is 6.04 Å². The van der Waals surface area contributed by atoms with Crippen LogP contribution in [0.3, 0.4) is 0 Å². The van der Waals surface area contributed by atoms with Gasteiger partial charge in [0.1, 0.15) is 18.2 Å². The van der Waals surface area contributed by atoms with Crippen LogP contribution in [0.4, 0.5) is 4.79 Å². The molecule has 3 N–H and O–H groups in total. The number of nitrogens with zero attached hydrogens (tertiary/aromatic N) is 1. The zero-order valence-electron chi connectivity index (χ0n) is 15.6. The molecule has 1 heterocycles. The lowest BCUT2D eigenvalue weighted by atomic mass is 10.0. The third-order valence-electron chi connectivity index (χ3n) is 4.07. The number of amides is 1. The number of β-amino-alcohol motifs (C(OH)–C–C–N with tert-alkyl or cyclic N) is 1. The standard InChI is InChI=1S/C19H28N2O5/c1-19(2,3)26-18(24)21-11-15(22)9-14(21)10-16(20)17(23)25-12-13-7-5-4-6-8-13/h4-8,14-16,22H,9-12,20H2,1-3H3. The van der Waals surface area contributed by atoms with Crippen molar-refractivity contribution in [3.05, 3.63) is 35.9 Å². The first-order valence-corrected chi connectivity index (χ1v) is 8.79. The molecule has 144 valence electrons. The summed E-state index contributed by atoms with van der Waals surface area (Å²) in [5.41, 5.74) is 6.20. The van der Waals surface area contributed by atoms with Crippen LogP contribution >= 0.6 is 0 Å². The summed E-state index contributed by atoms with van der Waals surface area (Å²) in [6.07, 6.45) is -0.591. The van der Waals surface area contributed by atoms with E-state index in [9.17, 15) is 14.7 Å². The van der Waals surface area contributed by atoms with Gasteiger partial charge in [-0.15, -0.1) is 0 Å². The molecule has 1 amide bonds. The van der Waals surface area contributed by atoms with Gasteiger partial charge < -0.3 is 25.2 Å². The lowest BCUT2D eigenvalue weighted by molar-refractivity contribution is -0.147. The minimum atomic E-state index is -0.876. The molecule has 26 heavy (non-hydrogen) atoms. The summed E-state index contributed by atoms with van der Waals surface area (Å²) in [6.45, 7) is 5.65. The number of nitrogens with two attached hydrogens (primary N) is 1. The van der Waals surface area contributed by atoms with Crippen LogP contribution in [-0.2, 0) is 20.9 Å². The van der Waals surface area contributed by atoms with E-state index in [4.69, 9.17) is 15.2 Å². The fourth-order valence-corrected chi connectivity index (χ4v) is 2.88. The van der Waals surface area contributed by atoms with E-state index in [2.05, 4.69) is 0 Å². The van der Waals surface area contributed by atoms with Crippen molar-refractivity contribution in [2.24, 2.45) is 5.73 Å². The predicted molar refractivity (Wildman–Crippen MR) is 96.2 cm³/mol. The zero-order chi connectivity index (χ0) is 19.3. The second-order valence-corrected chi connectivity index (χ2v) is 7.61. The highest BCUT2D eigenvalue weighted by Gasteiger charge is 2.38. The van der Waals surface area contributed by atoms with Crippen molar-refractivity contribution in [1.29, 1.82) is 0 Å². The third kappa shape index (κ3) is 6.00. The molecule has 0 spiro atoms. The minimum absolute atomic E-state index is 0.149. The number of benzene rings is 1. The van der Waals surface area contributed by atoms with E-state index < -0.39 is 29.8 Å². The number of hydrogen-bond acceptors (Lipinski definition) is 6. The smallest absolute Gasteiger partial charge is 0.410 e. The first kappa shape index (κ1) is 20.2. The lowest BCUT2D eigenvalue weighted by Crippen LogP contribution is -2.44. The maximum Gasteiger partial charge on any atom is 0.410 e. The topological polar surface area (TPSA) is 102 Å². The molecular formula is C19H28N2O5. The average Bonchev–Trinajstić information content (AvgIpc) is 2.92. The Labute approximate surface area is 154 Å². The van der Waals surface area contributed by atoms with Gasteiger partial charge in [0.25, 0.3) is 0 Å². The molecule has 7 nitrogen and oxygen atoms in total. The molecule has 1 saturated heterocycles. The van der Waals surface area contributed by atoms with Crippen molar-refractivity contribution in [2.75, 3.05) is 6.54 Å². The van der Waals surface area contributed by atoms with Crippen LogP contribution in [0.2, 0.25) is 0 Å². The number of esters is 1. The van der Waals surface area contributed by atoms with Crippen molar-refractivity contribution in [3.63, 3.8) is 0 Å². The zero-order valence-corrected chi connectivity index (χ0v) is 15.6. The molecule has 0 aliphatic carbocycles. The van der Waals surface area contributed by atoms with Crippen LogP contribution in [0.5, 0.6) is 0 Å². The molecule has 3 unspecified atom stereocenters. The summed E-state index contributed by atoms with van der Waals surface area (Å²) in [5.74, 6) is -0.528. The van der Waals surface area contributed by atoms with Gasteiger partial charge in [-0.05, 0) is 39.2 Å². The molecule has 3 atom stereocenters. The van der Waals surface area contributed by atoms with Crippen LogP contribution in [0.25, 0.3) is 0 Å². The third-order valence-corrected chi connectivity index (χ3v) is 4.07. The molecule has 1 fully saturated rings. The maximum absolute atomic E-state index is 12.3. The summed E-state index contributed by atoms with van der Waals surface area (Å²) in [5, 5.41) is 9.91. The number of aliphatic hydroxyl groups excluding tert-OH is 1. The van der Waals surface area contributed by atoms with Crippen LogP contribution < -0.4 is 5.73 Å². The van der Waals surface area contributed by atoms with Crippen LogP contribution in [0, 0.1) is 0 Å². The monoisotopic (exact) mass is 364 g/mol. The van der Waals surface area contributed by atoms with E-state index in [0.29, 0.717) is 6.42 Å². The molecule has 0 saturated carbocycles. The largest absolute Gasteiger partial charge is 0.460 e. The van der Waals surface area contributed by atoms with E-state index in [1.165, 1.54) is 4.90 Å². The van der Waals surface area contributed by atoms with Crippen molar-refractivity contribution in [3.8, 4) is 0 Å². The molecule has 0 aromatic heterocycles. The Kier molecular flexibility index (Phi) is 6.61. The number of aliphatic hydroxyl groups is 1. The number of hydrogen-bond donors (Lipinski definition) is 2. The quantitative estimate of drug-likeness (QED) is 0.773. The van der Waals surface area contributed by atoms with Crippen molar-refractivity contribution < 1.29 is 24.2 Å². The Balaban J connectivity index is 1.89. The highest BCUT2D eigenvalue weighted by molar-refractivity contribution is 5.76. The Hall–Kier alpha value is -2.12. The summed E-state index contributed by atoms with van der Waals surface area (Å²) in [4.78, 5) is 25.9. The number of rotatable bonds is 5. The van der Waals surface area contributed by atoms with Gasteiger partial charge in [0.2, 0.25) is 0 Å². The van der Waals surface area contributed by atoms with E-state index in [1.807, 2.05) is 30.3 Å². The Morgan fingerprint density at radius 2 is 1.96 bits per heavy atom. The molecule has 0 bridgehead atoms. The number of ether oxygens (including phenoxy) is 2. The number of carbonyl (C=O) groups excluding carboxylic acids is 2. The first-order valence-electron chi connectivity index (χ1n) is 8.79.